The number of carbonyl (C=O) groups is 2. The van der Waals surface area contributed by atoms with Crippen LogP contribution >= 0.6 is 23.4 Å². The molecule has 0 N–H and O–H groups in total. The van der Waals surface area contributed by atoms with E-state index in [0.717, 1.165) is 0 Å². The van der Waals surface area contributed by atoms with Gasteiger partial charge in [-0.25, -0.2) is 0 Å². The summed E-state index contributed by atoms with van der Waals surface area (Å²) in [6.45, 7) is 2.06. The van der Waals surface area contributed by atoms with E-state index < -0.39 is 0 Å². The number of nitrogens with zero attached hydrogens (tertiary/aromatic N) is 2. The summed E-state index contributed by atoms with van der Waals surface area (Å²) >= 11 is 7.16. The highest BCUT2D eigenvalue weighted by molar-refractivity contribution is 8.13. The van der Waals surface area contributed by atoms with Crippen molar-refractivity contribution < 1.29 is 14.0 Å². The fourth-order valence-electron chi connectivity index (χ4n) is 2.32. The molecule has 1 amide bonds. The number of benzene rings is 1. The van der Waals surface area contributed by atoms with Crippen molar-refractivity contribution in [3.8, 4) is 0 Å². The fraction of sp³-hybridized carbons (Fsp3) is 0.357. The Hall–Kier alpha value is -1.53. The van der Waals surface area contributed by atoms with Crippen LogP contribution in [0, 0.1) is 5.92 Å². The van der Waals surface area contributed by atoms with Gasteiger partial charge < -0.3 is 4.42 Å². The lowest BCUT2D eigenvalue weighted by Gasteiger charge is -2.10. The molecule has 7 heteroatoms. The lowest BCUT2D eigenvalue weighted by atomic mass is 10.1. The summed E-state index contributed by atoms with van der Waals surface area (Å²) in [6, 6.07) is 5.45. The van der Waals surface area contributed by atoms with Gasteiger partial charge in [0, 0.05) is 30.7 Å². The zero-order valence-corrected chi connectivity index (χ0v) is 12.9. The number of aromatic nitrogens is 1. The summed E-state index contributed by atoms with van der Waals surface area (Å²) in [5.74, 6) is 0.760. The molecule has 1 aromatic carbocycles. The SMILES string of the molecule is CC(=O)SCC1CC(=O)N(c2nc3cc(Cl)ccc3o2)C1. The maximum absolute atomic E-state index is 12.1. The standard InChI is InChI=1S/C14H13ClN2O3S/c1-8(18)21-7-9-4-13(19)17(6-9)14-16-11-5-10(15)2-3-12(11)20-14/h2-3,5,9H,4,6-7H2,1H3. The van der Waals surface area contributed by atoms with Crippen LogP contribution in [0.15, 0.2) is 22.6 Å². The van der Waals surface area contributed by atoms with Crippen molar-refractivity contribution in [2.24, 2.45) is 5.92 Å². The molecule has 2 heterocycles. The van der Waals surface area contributed by atoms with Gasteiger partial charge in [-0.15, -0.1) is 0 Å². The quantitative estimate of drug-likeness (QED) is 0.868. The second-order valence-electron chi connectivity index (χ2n) is 4.99. The molecule has 2 aromatic rings. The molecule has 0 radical (unpaired) electrons. The molecular weight excluding hydrogens is 312 g/mol. The molecule has 1 atom stereocenters. The number of oxazole rings is 1. The van der Waals surface area contributed by atoms with E-state index in [1.807, 2.05) is 0 Å². The minimum atomic E-state index is -0.0261. The molecule has 110 valence electrons. The number of thioether (sulfide) groups is 1. The monoisotopic (exact) mass is 324 g/mol. The van der Waals surface area contributed by atoms with E-state index in [9.17, 15) is 9.59 Å². The lowest BCUT2D eigenvalue weighted by molar-refractivity contribution is -0.117. The van der Waals surface area contributed by atoms with Crippen molar-refractivity contribution in [1.29, 1.82) is 0 Å². The van der Waals surface area contributed by atoms with E-state index in [-0.39, 0.29) is 16.9 Å². The second-order valence-corrected chi connectivity index (χ2v) is 6.62. The molecule has 1 aromatic heterocycles. The van der Waals surface area contributed by atoms with E-state index in [1.165, 1.54) is 18.7 Å². The van der Waals surface area contributed by atoms with Crippen LogP contribution in [-0.4, -0.2) is 28.3 Å². The van der Waals surface area contributed by atoms with Crippen LogP contribution in [0.5, 0.6) is 0 Å². The highest BCUT2D eigenvalue weighted by Crippen LogP contribution is 2.30. The highest BCUT2D eigenvalue weighted by Gasteiger charge is 2.33. The predicted molar refractivity (Wildman–Crippen MR) is 82.6 cm³/mol. The van der Waals surface area contributed by atoms with Crippen LogP contribution in [-0.2, 0) is 9.59 Å². The molecule has 0 spiro atoms. The highest BCUT2D eigenvalue weighted by atomic mass is 35.5. The van der Waals surface area contributed by atoms with Gasteiger partial charge in [0.25, 0.3) is 0 Å². The predicted octanol–water partition coefficient (Wildman–Crippen LogP) is 3.11. The topological polar surface area (TPSA) is 63.4 Å². The summed E-state index contributed by atoms with van der Waals surface area (Å²) in [5.41, 5.74) is 1.23. The summed E-state index contributed by atoms with van der Waals surface area (Å²) in [7, 11) is 0. The van der Waals surface area contributed by atoms with Crippen LogP contribution < -0.4 is 4.90 Å². The van der Waals surface area contributed by atoms with Crippen molar-refractivity contribution in [3.05, 3.63) is 23.2 Å². The number of rotatable bonds is 3. The number of hydrogen-bond acceptors (Lipinski definition) is 5. The van der Waals surface area contributed by atoms with Gasteiger partial charge in [-0.05, 0) is 24.1 Å². The van der Waals surface area contributed by atoms with Crippen LogP contribution in [0.25, 0.3) is 11.1 Å². The number of halogens is 1. The summed E-state index contributed by atoms with van der Waals surface area (Å²) in [6.07, 6.45) is 0.416. The Kier molecular flexibility index (Phi) is 3.91. The molecule has 1 unspecified atom stereocenters. The van der Waals surface area contributed by atoms with E-state index in [4.69, 9.17) is 16.0 Å². The fourth-order valence-corrected chi connectivity index (χ4v) is 3.18. The van der Waals surface area contributed by atoms with Crippen LogP contribution in [0.2, 0.25) is 5.02 Å². The summed E-state index contributed by atoms with van der Waals surface area (Å²) < 4.78 is 5.61. The normalized spacial score (nSPS) is 18.7. The van der Waals surface area contributed by atoms with Gasteiger partial charge >= 0.3 is 6.01 Å². The van der Waals surface area contributed by atoms with Gasteiger partial charge in [0.05, 0.1) is 0 Å². The third kappa shape index (κ3) is 3.06. The Bertz CT molecular complexity index is 715. The molecule has 0 saturated carbocycles. The Morgan fingerprint density at radius 2 is 2.38 bits per heavy atom. The maximum Gasteiger partial charge on any atom is 0.305 e. The number of fused-ring (bicyclic) bond motifs is 1. The zero-order chi connectivity index (χ0) is 15.0. The first kappa shape index (κ1) is 14.4. The molecule has 3 rings (SSSR count). The Morgan fingerprint density at radius 3 is 3.14 bits per heavy atom. The Balaban J connectivity index is 1.79. The average molecular weight is 325 g/mol. The molecule has 0 bridgehead atoms. The molecule has 1 saturated heterocycles. The number of amides is 1. The molecule has 0 aliphatic carbocycles. The first-order valence-corrected chi connectivity index (χ1v) is 7.89. The third-order valence-electron chi connectivity index (χ3n) is 3.30. The van der Waals surface area contributed by atoms with Crippen LogP contribution in [0.3, 0.4) is 0 Å². The van der Waals surface area contributed by atoms with E-state index in [2.05, 4.69) is 4.98 Å². The van der Waals surface area contributed by atoms with E-state index >= 15 is 0 Å². The van der Waals surface area contributed by atoms with Crippen LogP contribution in [0.1, 0.15) is 13.3 Å². The van der Waals surface area contributed by atoms with Gasteiger partial charge in [0.2, 0.25) is 5.91 Å². The first-order valence-electron chi connectivity index (χ1n) is 6.53. The molecule has 5 nitrogen and oxygen atoms in total. The van der Waals surface area contributed by atoms with Crippen molar-refractivity contribution in [2.75, 3.05) is 17.2 Å². The Morgan fingerprint density at radius 1 is 1.57 bits per heavy atom. The van der Waals surface area contributed by atoms with E-state index in [1.54, 1.807) is 23.1 Å². The first-order chi connectivity index (χ1) is 10.0. The average Bonchev–Trinajstić information content (AvgIpc) is 2.99. The molecule has 1 aliphatic heterocycles. The summed E-state index contributed by atoms with van der Waals surface area (Å²) in [4.78, 5) is 28.9. The minimum Gasteiger partial charge on any atom is -0.423 e. The van der Waals surface area contributed by atoms with Crippen LogP contribution in [0.4, 0.5) is 6.01 Å². The van der Waals surface area contributed by atoms with Crippen molar-refractivity contribution >= 4 is 51.5 Å². The van der Waals surface area contributed by atoms with Gasteiger partial charge in [-0.1, -0.05) is 23.4 Å². The van der Waals surface area contributed by atoms with Gasteiger partial charge in [0.1, 0.15) is 5.52 Å². The molecule has 21 heavy (non-hydrogen) atoms. The number of carbonyl (C=O) groups excluding carboxylic acids is 2. The second kappa shape index (κ2) is 5.69. The van der Waals surface area contributed by atoms with Crippen molar-refractivity contribution in [1.82, 2.24) is 4.98 Å². The lowest BCUT2D eigenvalue weighted by Crippen LogP contribution is -2.25. The largest absolute Gasteiger partial charge is 0.423 e. The minimum absolute atomic E-state index is 0.0261. The zero-order valence-electron chi connectivity index (χ0n) is 11.3. The smallest absolute Gasteiger partial charge is 0.305 e. The summed E-state index contributed by atoms with van der Waals surface area (Å²) in [5, 5.41) is 0.642. The van der Waals surface area contributed by atoms with Crippen molar-refractivity contribution in [3.63, 3.8) is 0 Å². The van der Waals surface area contributed by atoms with Crippen molar-refractivity contribution in [2.45, 2.75) is 13.3 Å². The third-order valence-corrected chi connectivity index (χ3v) is 4.58. The number of hydrogen-bond donors (Lipinski definition) is 0. The van der Waals surface area contributed by atoms with Gasteiger partial charge in [0.15, 0.2) is 10.7 Å². The Labute approximate surface area is 130 Å². The van der Waals surface area contributed by atoms with Gasteiger partial charge in [-0.3, -0.25) is 14.5 Å². The maximum atomic E-state index is 12.1. The molecular formula is C14H13ClN2O3S. The number of anilines is 1. The molecule has 1 fully saturated rings. The van der Waals surface area contributed by atoms with E-state index in [0.29, 0.717) is 40.9 Å². The molecule has 1 aliphatic rings. The van der Waals surface area contributed by atoms with Gasteiger partial charge in [-0.2, -0.15) is 4.98 Å².